The summed E-state index contributed by atoms with van der Waals surface area (Å²) < 4.78 is 11.4. The third kappa shape index (κ3) is 2.89. The van der Waals surface area contributed by atoms with Gasteiger partial charge in [-0.3, -0.25) is 9.59 Å². The molecule has 1 aliphatic heterocycles. The van der Waals surface area contributed by atoms with Gasteiger partial charge in [0.05, 0.1) is 17.3 Å². The number of carbonyl (C=O) groups excluding carboxylic acids is 3. The molecule has 1 saturated carbocycles. The number of carbonyl (C=O) groups is 3. The molecule has 1 saturated heterocycles. The van der Waals surface area contributed by atoms with E-state index in [9.17, 15) is 14.4 Å². The lowest BCUT2D eigenvalue weighted by Crippen LogP contribution is -2.49. The van der Waals surface area contributed by atoms with Gasteiger partial charge < -0.3 is 14.3 Å². The Balaban J connectivity index is 2.54. The van der Waals surface area contributed by atoms with Gasteiger partial charge in [-0.15, -0.1) is 6.58 Å². The number of aldehydes is 1. The van der Waals surface area contributed by atoms with Gasteiger partial charge in [-0.1, -0.05) is 33.8 Å². The fourth-order valence-electron chi connectivity index (χ4n) is 4.31. The molecule has 1 heterocycles. The summed E-state index contributed by atoms with van der Waals surface area (Å²) in [6, 6.07) is 0. The van der Waals surface area contributed by atoms with Crippen molar-refractivity contribution < 1.29 is 23.9 Å². The maximum Gasteiger partial charge on any atom is 0.309 e. The van der Waals surface area contributed by atoms with Gasteiger partial charge in [-0.05, 0) is 25.2 Å². The smallest absolute Gasteiger partial charge is 0.309 e. The lowest BCUT2D eigenvalue weighted by molar-refractivity contribution is -0.169. The molecule has 0 spiro atoms. The van der Waals surface area contributed by atoms with Crippen LogP contribution in [0.5, 0.6) is 0 Å². The van der Waals surface area contributed by atoms with Gasteiger partial charge in [-0.25, -0.2) is 0 Å². The Morgan fingerprint density at radius 2 is 2.04 bits per heavy atom. The largest absolute Gasteiger partial charge is 0.462 e. The SMILES string of the molecule is C=C[C@H]1[C@H](C)C[C@H]2OC(=O)[C@@H](C)C2[C@H](OC(=O)C(C)C)[C@]1(C)C=O. The molecule has 0 aromatic heterocycles. The number of ether oxygens (including phenoxy) is 2. The quantitative estimate of drug-likeness (QED) is 0.448. The van der Waals surface area contributed by atoms with Gasteiger partial charge in [0.25, 0.3) is 0 Å². The van der Waals surface area contributed by atoms with Crippen molar-refractivity contribution in [3.63, 3.8) is 0 Å². The Hall–Kier alpha value is -1.65. The lowest BCUT2D eigenvalue weighted by atomic mass is 9.66. The molecule has 24 heavy (non-hydrogen) atoms. The average Bonchev–Trinajstić information content (AvgIpc) is 2.74. The highest BCUT2D eigenvalue weighted by Crippen LogP contribution is 2.51. The molecule has 5 nitrogen and oxygen atoms in total. The molecule has 2 rings (SSSR count). The van der Waals surface area contributed by atoms with Crippen LogP contribution in [0.25, 0.3) is 0 Å². The van der Waals surface area contributed by atoms with Crippen LogP contribution >= 0.6 is 0 Å². The number of hydrogen-bond donors (Lipinski definition) is 0. The van der Waals surface area contributed by atoms with Gasteiger partial charge >= 0.3 is 11.9 Å². The number of esters is 2. The van der Waals surface area contributed by atoms with E-state index in [0.29, 0.717) is 6.42 Å². The minimum atomic E-state index is -0.937. The Bertz CT molecular complexity index is 540. The second-order valence-electron chi connectivity index (χ2n) is 7.81. The zero-order chi connectivity index (χ0) is 18.2. The second-order valence-corrected chi connectivity index (χ2v) is 7.81. The summed E-state index contributed by atoms with van der Waals surface area (Å²) in [5.74, 6) is -1.75. The van der Waals surface area contributed by atoms with Crippen molar-refractivity contribution >= 4 is 18.2 Å². The van der Waals surface area contributed by atoms with Gasteiger partial charge in [-0.2, -0.15) is 0 Å². The molecule has 0 aromatic rings. The third-order valence-electron chi connectivity index (χ3n) is 5.77. The standard InChI is InChI=1S/C19H28O5/c1-7-13-11(4)8-14-15(12(5)18(22)23-14)16(19(13,6)9-20)24-17(21)10(2)3/h7,9-16H,1,8H2,2-6H3/t11-,12+,13+,14-,15?,16+,19-/m1/s1. The summed E-state index contributed by atoms with van der Waals surface area (Å²) in [6.45, 7) is 13.0. The Morgan fingerprint density at radius 1 is 1.42 bits per heavy atom. The second kappa shape index (κ2) is 6.69. The minimum absolute atomic E-state index is 0.0889. The molecule has 5 heteroatoms. The van der Waals surface area contributed by atoms with E-state index in [4.69, 9.17) is 9.47 Å². The van der Waals surface area contributed by atoms with Gasteiger partial charge in [0.15, 0.2) is 0 Å². The van der Waals surface area contributed by atoms with Crippen LogP contribution in [0.3, 0.4) is 0 Å². The van der Waals surface area contributed by atoms with Gasteiger partial charge in [0.1, 0.15) is 18.5 Å². The molecular formula is C19H28O5. The predicted octanol–water partition coefficient (Wildman–Crippen LogP) is 2.78. The van der Waals surface area contributed by atoms with Crippen LogP contribution in [-0.2, 0) is 23.9 Å². The molecule has 2 aliphatic rings. The number of allylic oxidation sites excluding steroid dienone is 1. The van der Waals surface area contributed by atoms with Gasteiger partial charge in [0, 0.05) is 5.92 Å². The van der Waals surface area contributed by atoms with E-state index in [1.807, 2.05) is 6.92 Å². The highest BCUT2D eigenvalue weighted by Gasteiger charge is 2.59. The van der Waals surface area contributed by atoms with E-state index in [2.05, 4.69) is 6.58 Å². The molecule has 0 bridgehead atoms. The molecule has 0 aromatic carbocycles. The summed E-state index contributed by atoms with van der Waals surface area (Å²) in [5.41, 5.74) is -0.937. The summed E-state index contributed by atoms with van der Waals surface area (Å²) >= 11 is 0. The zero-order valence-corrected chi connectivity index (χ0v) is 15.2. The maximum atomic E-state index is 12.3. The first-order chi connectivity index (χ1) is 11.2. The van der Waals surface area contributed by atoms with Crippen molar-refractivity contribution in [2.45, 2.75) is 53.2 Å². The third-order valence-corrected chi connectivity index (χ3v) is 5.77. The molecule has 134 valence electrons. The van der Waals surface area contributed by atoms with E-state index in [1.54, 1.807) is 33.8 Å². The molecule has 2 fully saturated rings. The van der Waals surface area contributed by atoms with Crippen LogP contribution in [0, 0.1) is 35.0 Å². The molecule has 1 unspecified atom stereocenters. The topological polar surface area (TPSA) is 69.7 Å². The number of rotatable bonds is 4. The lowest BCUT2D eigenvalue weighted by Gasteiger charge is -2.40. The molecule has 1 aliphatic carbocycles. The van der Waals surface area contributed by atoms with Crippen LogP contribution in [-0.4, -0.2) is 30.4 Å². The van der Waals surface area contributed by atoms with Crippen molar-refractivity contribution in [3.8, 4) is 0 Å². The highest BCUT2D eigenvalue weighted by molar-refractivity contribution is 5.76. The molecule has 0 radical (unpaired) electrons. The summed E-state index contributed by atoms with van der Waals surface area (Å²) in [7, 11) is 0. The zero-order valence-electron chi connectivity index (χ0n) is 15.2. The van der Waals surface area contributed by atoms with Gasteiger partial charge in [0.2, 0.25) is 0 Å². The normalized spacial score (nSPS) is 42.0. The maximum absolute atomic E-state index is 12.3. The van der Waals surface area contributed by atoms with Crippen molar-refractivity contribution in [1.29, 1.82) is 0 Å². The van der Waals surface area contributed by atoms with Crippen LogP contribution in [0.1, 0.15) is 41.0 Å². The Labute approximate surface area is 143 Å². The average molecular weight is 336 g/mol. The fourth-order valence-corrected chi connectivity index (χ4v) is 4.31. The first-order valence-corrected chi connectivity index (χ1v) is 8.67. The summed E-state index contributed by atoms with van der Waals surface area (Å²) in [5, 5.41) is 0. The van der Waals surface area contributed by atoms with E-state index in [0.717, 1.165) is 6.29 Å². The number of fused-ring (bicyclic) bond motifs is 1. The summed E-state index contributed by atoms with van der Waals surface area (Å²) in [6.07, 6.45) is 2.23. The van der Waals surface area contributed by atoms with Crippen LogP contribution < -0.4 is 0 Å². The fraction of sp³-hybridized carbons (Fsp3) is 0.737. The van der Waals surface area contributed by atoms with Crippen molar-refractivity contribution in [2.24, 2.45) is 35.0 Å². The van der Waals surface area contributed by atoms with E-state index < -0.39 is 17.4 Å². The van der Waals surface area contributed by atoms with Crippen molar-refractivity contribution in [3.05, 3.63) is 12.7 Å². The van der Waals surface area contributed by atoms with Crippen LogP contribution in [0.4, 0.5) is 0 Å². The Kier molecular flexibility index (Phi) is 5.21. The molecular weight excluding hydrogens is 308 g/mol. The highest BCUT2D eigenvalue weighted by atomic mass is 16.6. The van der Waals surface area contributed by atoms with Crippen molar-refractivity contribution in [1.82, 2.24) is 0 Å². The Morgan fingerprint density at radius 3 is 2.54 bits per heavy atom. The van der Waals surface area contributed by atoms with Crippen LogP contribution in [0.15, 0.2) is 12.7 Å². The molecule has 7 atom stereocenters. The monoisotopic (exact) mass is 336 g/mol. The van der Waals surface area contributed by atoms with E-state index in [-0.39, 0.29) is 41.7 Å². The molecule has 0 N–H and O–H groups in total. The summed E-state index contributed by atoms with van der Waals surface area (Å²) in [4.78, 5) is 36.5. The number of hydrogen-bond acceptors (Lipinski definition) is 5. The van der Waals surface area contributed by atoms with E-state index >= 15 is 0 Å². The first-order valence-electron chi connectivity index (χ1n) is 8.67. The predicted molar refractivity (Wildman–Crippen MR) is 88.9 cm³/mol. The van der Waals surface area contributed by atoms with E-state index in [1.165, 1.54) is 0 Å². The molecule has 0 amide bonds. The minimum Gasteiger partial charge on any atom is -0.462 e. The van der Waals surface area contributed by atoms with Crippen molar-refractivity contribution in [2.75, 3.05) is 0 Å². The van der Waals surface area contributed by atoms with Crippen LogP contribution in [0.2, 0.25) is 0 Å². The first kappa shape index (κ1) is 18.7.